The van der Waals surface area contributed by atoms with E-state index in [0.717, 1.165) is 29.3 Å². The third-order valence-electron chi connectivity index (χ3n) is 2.62. The molecular formula is C12H17N3O2S3. The molecule has 110 valence electrons. The van der Waals surface area contributed by atoms with Crippen LogP contribution in [0, 0.1) is 0 Å². The number of likely N-dealkylation sites (N-methyl/N-ethyl adjacent to an activating group) is 1. The van der Waals surface area contributed by atoms with Crippen LogP contribution in [0.2, 0.25) is 0 Å². The highest BCUT2D eigenvalue weighted by Crippen LogP contribution is 2.22. The van der Waals surface area contributed by atoms with E-state index < -0.39 is 10.0 Å². The average molecular weight is 331 g/mol. The number of thiazole rings is 1. The minimum atomic E-state index is -3.42. The number of hydrogen-bond acceptors (Lipinski definition) is 6. The number of rotatable bonds is 8. The second-order valence-electron chi connectivity index (χ2n) is 4.12. The van der Waals surface area contributed by atoms with Crippen LogP contribution < -0.4 is 10.0 Å². The third kappa shape index (κ3) is 4.35. The summed E-state index contributed by atoms with van der Waals surface area (Å²) in [6, 6.07) is 3.55. The van der Waals surface area contributed by atoms with Crippen molar-refractivity contribution in [2.24, 2.45) is 0 Å². The van der Waals surface area contributed by atoms with Crippen LogP contribution in [0.1, 0.15) is 16.7 Å². The van der Waals surface area contributed by atoms with Crippen molar-refractivity contribution in [3.8, 4) is 0 Å². The molecule has 8 heteroatoms. The predicted molar refractivity (Wildman–Crippen MR) is 82.7 cm³/mol. The van der Waals surface area contributed by atoms with E-state index in [1.807, 2.05) is 13.0 Å². The molecule has 0 atom stereocenters. The molecule has 0 aromatic carbocycles. The first-order valence-corrected chi connectivity index (χ1v) is 9.46. The number of nitrogens with one attached hydrogen (secondary N) is 2. The first-order chi connectivity index (χ1) is 9.62. The Morgan fingerprint density at radius 1 is 1.30 bits per heavy atom. The number of thiophene rings is 1. The Balaban J connectivity index is 1.95. The van der Waals surface area contributed by atoms with Gasteiger partial charge in [0.15, 0.2) is 0 Å². The van der Waals surface area contributed by atoms with E-state index in [-0.39, 0.29) is 6.54 Å². The molecule has 2 aromatic rings. The van der Waals surface area contributed by atoms with Crippen LogP contribution in [0.15, 0.2) is 28.0 Å². The third-order valence-corrected chi connectivity index (χ3v) is 6.44. The van der Waals surface area contributed by atoms with E-state index in [0.29, 0.717) is 4.21 Å². The molecule has 0 unspecified atom stereocenters. The van der Waals surface area contributed by atoms with Gasteiger partial charge in [-0.2, -0.15) is 0 Å². The molecular weight excluding hydrogens is 314 g/mol. The lowest BCUT2D eigenvalue weighted by Gasteiger charge is -2.02. The van der Waals surface area contributed by atoms with Gasteiger partial charge in [0.25, 0.3) is 0 Å². The molecule has 0 bridgehead atoms. The summed E-state index contributed by atoms with van der Waals surface area (Å²) < 4.78 is 27.2. The van der Waals surface area contributed by atoms with Gasteiger partial charge in [-0.15, -0.1) is 22.7 Å². The molecule has 0 aliphatic heterocycles. The zero-order chi connectivity index (χ0) is 14.4. The van der Waals surface area contributed by atoms with Crippen molar-refractivity contribution in [3.05, 3.63) is 33.6 Å². The van der Waals surface area contributed by atoms with Crippen molar-refractivity contribution < 1.29 is 8.42 Å². The Morgan fingerprint density at radius 3 is 2.85 bits per heavy atom. The maximum Gasteiger partial charge on any atom is 0.250 e. The summed E-state index contributed by atoms with van der Waals surface area (Å²) in [4.78, 5) is 5.89. The molecule has 0 amide bonds. The predicted octanol–water partition coefficient (Wildman–Crippen LogP) is 1.84. The van der Waals surface area contributed by atoms with Crippen LogP contribution >= 0.6 is 22.7 Å². The summed E-state index contributed by atoms with van der Waals surface area (Å²) in [5.74, 6) is 0. The molecule has 2 heterocycles. The standard InChI is InChI=1S/C12H17N3O2S3/c1-2-13-6-5-10-3-4-12(19-10)20(16,17)15-8-11-7-14-9-18-11/h3-4,7,9,13,15H,2,5-6,8H2,1H3. The van der Waals surface area contributed by atoms with E-state index in [1.165, 1.54) is 22.7 Å². The lowest BCUT2D eigenvalue weighted by molar-refractivity contribution is 0.584. The molecule has 5 nitrogen and oxygen atoms in total. The molecule has 2 N–H and O–H groups in total. The number of hydrogen-bond donors (Lipinski definition) is 2. The Bertz CT molecular complexity index is 620. The van der Waals surface area contributed by atoms with Crippen LogP contribution in [0.25, 0.3) is 0 Å². The maximum absolute atomic E-state index is 12.1. The molecule has 0 fully saturated rings. The van der Waals surface area contributed by atoms with Gasteiger partial charge in [-0.25, -0.2) is 13.1 Å². The summed E-state index contributed by atoms with van der Waals surface area (Å²) in [6.07, 6.45) is 2.52. The molecule has 0 aliphatic rings. The number of sulfonamides is 1. The maximum atomic E-state index is 12.1. The van der Waals surface area contributed by atoms with Gasteiger partial charge >= 0.3 is 0 Å². The van der Waals surface area contributed by atoms with Gasteiger partial charge in [0, 0.05) is 22.5 Å². The van der Waals surface area contributed by atoms with E-state index in [4.69, 9.17) is 0 Å². The summed E-state index contributed by atoms with van der Waals surface area (Å²) in [5, 5.41) is 3.22. The first-order valence-electron chi connectivity index (χ1n) is 6.28. The molecule has 0 saturated carbocycles. The minimum absolute atomic E-state index is 0.289. The van der Waals surface area contributed by atoms with Gasteiger partial charge in [0.05, 0.1) is 5.51 Å². The van der Waals surface area contributed by atoms with E-state index in [9.17, 15) is 8.42 Å². The van der Waals surface area contributed by atoms with Crippen molar-refractivity contribution in [1.82, 2.24) is 15.0 Å². The quantitative estimate of drug-likeness (QED) is 0.724. The van der Waals surface area contributed by atoms with Crippen LogP contribution in [-0.4, -0.2) is 26.5 Å². The van der Waals surface area contributed by atoms with Crippen molar-refractivity contribution in [2.75, 3.05) is 13.1 Å². The lowest BCUT2D eigenvalue weighted by Crippen LogP contribution is -2.21. The van der Waals surface area contributed by atoms with Gasteiger partial charge in [0.2, 0.25) is 10.0 Å². The SMILES string of the molecule is CCNCCc1ccc(S(=O)(=O)NCc2cncs2)s1. The van der Waals surface area contributed by atoms with E-state index in [2.05, 4.69) is 15.0 Å². The Labute approximate surface area is 127 Å². The number of aromatic nitrogens is 1. The first kappa shape index (κ1) is 15.6. The second kappa shape index (κ2) is 7.28. The fourth-order valence-electron chi connectivity index (χ4n) is 1.59. The molecule has 2 rings (SSSR count). The highest BCUT2D eigenvalue weighted by molar-refractivity contribution is 7.91. The van der Waals surface area contributed by atoms with Gasteiger partial charge in [-0.1, -0.05) is 6.92 Å². The summed E-state index contributed by atoms with van der Waals surface area (Å²) in [5.41, 5.74) is 1.69. The molecule has 20 heavy (non-hydrogen) atoms. The highest BCUT2D eigenvalue weighted by Gasteiger charge is 2.16. The fourth-order valence-corrected chi connectivity index (χ4v) is 4.62. The topological polar surface area (TPSA) is 71.1 Å². The Hall–Kier alpha value is -0.800. The fraction of sp³-hybridized carbons (Fsp3) is 0.417. The van der Waals surface area contributed by atoms with Gasteiger partial charge in [-0.05, 0) is 31.6 Å². The molecule has 0 aliphatic carbocycles. The van der Waals surface area contributed by atoms with Crippen LogP contribution in [0.5, 0.6) is 0 Å². The molecule has 2 aromatic heterocycles. The van der Waals surface area contributed by atoms with Gasteiger partial charge in [-0.3, -0.25) is 4.98 Å². The van der Waals surface area contributed by atoms with Crippen molar-refractivity contribution in [2.45, 2.75) is 24.1 Å². The summed E-state index contributed by atoms with van der Waals surface area (Å²) in [7, 11) is -3.42. The average Bonchev–Trinajstić information content (AvgIpc) is 3.08. The monoisotopic (exact) mass is 331 g/mol. The molecule has 0 spiro atoms. The van der Waals surface area contributed by atoms with Crippen LogP contribution in [0.4, 0.5) is 0 Å². The number of nitrogens with zero attached hydrogens (tertiary/aromatic N) is 1. The second-order valence-corrected chi connectivity index (χ2v) is 8.25. The van der Waals surface area contributed by atoms with E-state index in [1.54, 1.807) is 17.8 Å². The Morgan fingerprint density at radius 2 is 2.15 bits per heavy atom. The minimum Gasteiger partial charge on any atom is -0.317 e. The Kier molecular flexibility index (Phi) is 5.67. The summed E-state index contributed by atoms with van der Waals surface area (Å²) >= 11 is 2.76. The smallest absolute Gasteiger partial charge is 0.250 e. The largest absolute Gasteiger partial charge is 0.317 e. The van der Waals surface area contributed by atoms with Crippen molar-refractivity contribution >= 4 is 32.7 Å². The van der Waals surface area contributed by atoms with Gasteiger partial charge in [0.1, 0.15) is 4.21 Å². The normalized spacial score (nSPS) is 11.8. The van der Waals surface area contributed by atoms with Crippen LogP contribution in [-0.2, 0) is 23.0 Å². The van der Waals surface area contributed by atoms with Crippen LogP contribution in [0.3, 0.4) is 0 Å². The molecule has 0 radical (unpaired) electrons. The van der Waals surface area contributed by atoms with Crippen molar-refractivity contribution in [1.29, 1.82) is 0 Å². The summed E-state index contributed by atoms with van der Waals surface area (Å²) in [6.45, 7) is 4.13. The lowest BCUT2D eigenvalue weighted by atomic mass is 10.3. The van der Waals surface area contributed by atoms with Crippen molar-refractivity contribution in [3.63, 3.8) is 0 Å². The van der Waals surface area contributed by atoms with Gasteiger partial charge < -0.3 is 5.32 Å². The molecule has 0 saturated heterocycles. The van der Waals surface area contributed by atoms with E-state index >= 15 is 0 Å². The zero-order valence-corrected chi connectivity index (χ0v) is 13.6. The zero-order valence-electron chi connectivity index (χ0n) is 11.1. The highest BCUT2D eigenvalue weighted by atomic mass is 32.2.